The number of aromatic carboxylic acids is 1. The van der Waals surface area contributed by atoms with Gasteiger partial charge < -0.3 is 23.9 Å². The van der Waals surface area contributed by atoms with Gasteiger partial charge in [-0.25, -0.2) is 9.79 Å². The zero-order valence-corrected chi connectivity index (χ0v) is 22.1. The Kier molecular flexibility index (Phi) is 10.0. The minimum atomic E-state index is -5.17. The van der Waals surface area contributed by atoms with Gasteiger partial charge in [-0.3, -0.25) is 8.42 Å². The molecule has 2 aliphatic rings. The number of nitrogens with one attached hydrogen (secondary N) is 2. The first-order valence-electron chi connectivity index (χ1n) is 12.4. The number of rotatable bonds is 9. The standard InChI is InChI=1S/C28H30N2O3.H2O4S/c1-3-5-15-29-19-11-13-23-25(17-19)33-26-18-20(30-16-6-4-2)12-14-24(26)27(23)21-9-7-8-10-22(21)28(31)32;1-5(2,3)4/h7-14,17-18,29H,3-6,15-16H2,1-2H3,(H,31,32);(H2,1,2,3,4)/p-1. The summed E-state index contributed by atoms with van der Waals surface area (Å²) in [7, 11) is -5.17. The zero-order valence-electron chi connectivity index (χ0n) is 21.3. The van der Waals surface area contributed by atoms with Gasteiger partial charge in [0.1, 0.15) is 17.9 Å². The van der Waals surface area contributed by atoms with Crippen molar-refractivity contribution in [1.29, 1.82) is 0 Å². The summed E-state index contributed by atoms with van der Waals surface area (Å²) in [6.07, 6.45) is 4.44. The fraction of sp³-hybridized carbons (Fsp3) is 0.286. The molecule has 0 atom stereocenters. The van der Waals surface area contributed by atoms with E-state index in [1.807, 2.05) is 48.5 Å². The van der Waals surface area contributed by atoms with Crippen LogP contribution in [0, 0.1) is 0 Å². The van der Waals surface area contributed by atoms with Crippen LogP contribution in [-0.2, 0) is 10.4 Å². The van der Waals surface area contributed by atoms with E-state index < -0.39 is 16.4 Å². The zero-order chi connectivity index (χ0) is 27.7. The van der Waals surface area contributed by atoms with Crippen molar-refractivity contribution in [3.05, 3.63) is 71.6 Å². The van der Waals surface area contributed by atoms with Crippen LogP contribution in [-0.4, -0.2) is 41.7 Å². The number of carbonyl (C=O) groups is 1. The Morgan fingerprint density at radius 3 is 2.37 bits per heavy atom. The lowest BCUT2D eigenvalue weighted by atomic mass is 9.90. The third-order valence-corrected chi connectivity index (χ3v) is 5.87. The van der Waals surface area contributed by atoms with E-state index in [-0.39, 0.29) is 5.56 Å². The normalized spacial score (nSPS) is 11.8. The van der Waals surface area contributed by atoms with E-state index in [4.69, 9.17) is 21.9 Å². The monoisotopic (exact) mass is 539 g/mol. The first-order chi connectivity index (χ1) is 18.1. The van der Waals surface area contributed by atoms with Gasteiger partial charge in [-0.15, -0.1) is 0 Å². The smallest absolute Gasteiger partial charge is 0.336 e. The predicted molar refractivity (Wildman–Crippen MR) is 143 cm³/mol. The highest BCUT2D eigenvalue weighted by Crippen LogP contribution is 2.41. The second-order valence-electron chi connectivity index (χ2n) is 8.72. The average molecular weight is 540 g/mol. The highest BCUT2D eigenvalue weighted by molar-refractivity contribution is 7.79. The minimum Gasteiger partial charge on any atom is -0.759 e. The lowest BCUT2D eigenvalue weighted by Crippen LogP contribution is -2.76. The lowest BCUT2D eigenvalue weighted by Gasteiger charge is -2.17. The van der Waals surface area contributed by atoms with Gasteiger partial charge in [0.15, 0.2) is 0 Å². The van der Waals surface area contributed by atoms with Crippen LogP contribution in [0.5, 0.6) is 0 Å². The van der Waals surface area contributed by atoms with Gasteiger partial charge in [-0.2, -0.15) is 0 Å². The van der Waals surface area contributed by atoms with E-state index in [0.717, 1.165) is 77.7 Å². The van der Waals surface area contributed by atoms with Crippen molar-refractivity contribution in [2.24, 2.45) is 0 Å². The molecule has 2 aromatic rings. The Morgan fingerprint density at radius 2 is 1.68 bits per heavy atom. The predicted octanol–water partition coefficient (Wildman–Crippen LogP) is 3.56. The van der Waals surface area contributed by atoms with Gasteiger partial charge in [-0.1, -0.05) is 44.9 Å². The van der Waals surface area contributed by atoms with E-state index in [9.17, 15) is 9.90 Å². The Bertz CT molecular complexity index is 1540. The third-order valence-electron chi connectivity index (χ3n) is 5.87. The number of unbranched alkanes of at least 4 members (excludes halogenated alkanes) is 2. The van der Waals surface area contributed by atoms with Crippen molar-refractivity contribution in [1.82, 2.24) is 0 Å². The molecule has 0 aromatic heterocycles. The molecule has 0 unspecified atom stereocenters. The van der Waals surface area contributed by atoms with Gasteiger partial charge in [-0.05, 0) is 36.2 Å². The number of fused-ring (bicyclic) bond motifs is 2. The minimum absolute atomic E-state index is 0.279. The maximum absolute atomic E-state index is 12.0. The van der Waals surface area contributed by atoms with Crippen LogP contribution < -0.4 is 15.7 Å². The molecule has 0 spiro atoms. The summed E-state index contributed by atoms with van der Waals surface area (Å²) in [6.45, 7) is 6.13. The molecule has 1 aliphatic heterocycles. The number of hydrogen-bond donors (Lipinski definition) is 3. The fourth-order valence-electron chi connectivity index (χ4n) is 4.11. The molecule has 0 bridgehead atoms. The van der Waals surface area contributed by atoms with E-state index >= 15 is 0 Å². The van der Waals surface area contributed by atoms with Gasteiger partial charge >= 0.3 is 5.97 Å². The summed E-state index contributed by atoms with van der Waals surface area (Å²) in [5, 5.41) is 15.2. The van der Waals surface area contributed by atoms with E-state index in [0.29, 0.717) is 5.56 Å². The van der Waals surface area contributed by atoms with Crippen LogP contribution in [0.4, 0.5) is 5.69 Å². The molecule has 38 heavy (non-hydrogen) atoms. The molecule has 0 fully saturated rings. The highest BCUT2D eigenvalue weighted by atomic mass is 32.3. The maximum Gasteiger partial charge on any atom is 0.336 e. The molecule has 202 valence electrons. The fourth-order valence-corrected chi connectivity index (χ4v) is 4.11. The van der Waals surface area contributed by atoms with Crippen molar-refractivity contribution >= 4 is 33.0 Å². The maximum atomic E-state index is 12.0. The highest BCUT2D eigenvalue weighted by Gasteiger charge is 2.21. The quantitative estimate of drug-likeness (QED) is 0.126. The first kappa shape index (κ1) is 28.8. The largest absolute Gasteiger partial charge is 0.759 e. The molecule has 0 amide bonds. The molecular formula is C28H31N2O7S-. The van der Waals surface area contributed by atoms with E-state index in [1.165, 1.54) is 0 Å². The number of hydrogen-bond acceptors (Lipinski definition) is 7. The summed E-state index contributed by atoms with van der Waals surface area (Å²) in [4.78, 5) is 15.5. The van der Waals surface area contributed by atoms with Crippen LogP contribution in [0.15, 0.2) is 65.1 Å². The SMILES string of the molecule is CCCCNc1ccc2c(-c3ccccc3C(=O)O)c3ccc(=[NH+]CCCC)cc-3oc2c1.O=S(=O)([O-])[O-]. The molecule has 1 heterocycles. The number of benzene rings is 3. The van der Waals surface area contributed by atoms with Crippen molar-refractivity contribution < 1.29 is 36.8 Å². The number of carboxylic acid groups (broad SMARTS) is 1. The van der Waals surface area contributed by atoms with Crippen molar-refractivity contribution in [2.75, 3.05) is 18.4 Å². The Balaban J connectivity index is 0.000000732. The van der Waals surface area contributed by atoms with Gasteiger partial charge in [0.2, 0.25) is 5.36 Å². The Labute approximate surface area is 221 Å². The summed E-state index contributed by atoms with van der Waals surface area (Å²) >= 11 is 0. The van der Waals surface area contributed by atoms with Gasteiger partial charge in [0.05, 0.1) is 11.6 Å². The van der Waals surface area contributed by atoms with Crippen molar-refractivity contribution in [3.8, 4) is 22.5 Å². The van der Waals surface area contributed by atoms with Crippen molar-refractivity contribution in [3.63, 3.8) is 0 Å². The summed E-state index contributed by atoms with van der Waals surface area (Å²) < 4.78 is 40.5. The molecule has 9 nitrogen and oxygen atoms in total. The lowest BCUT2D eigenvalue weighted by molar-refractivity contribution is -0.500. The molecule has 1 aliphatic carbocycles. The van der Waals surface area contributed by atoms with Crippen LogP contribution in [0.3, 0.4) is 0 Å². The second kappa shape index (κ2) is 13.2. The molecule has 0 radical (unpaired) electrons. The van der Waals surface area contributed by atoms with Crippen LogP contribution in [0.1, 0.15) is 49.9 Å². The van der Waals surface area contributed by atoms with Crippen LogP contribution in [0.25, 0.3) is 33.4 Å². The molecule has 3 N–H and O–H groups in total. The molecular weight excluding hydrogens is 508 g/mol. The molecule has 10 heteroatoms. The van der Waals surface area contributed by atoms with Gasteiger partial charge in [0, 0.05) is 57.7 Å². The van der Waals surface area contributed by atoms with Crippen LogP contribution in [0.2, 0.25) is 0 Å². The van der Waals surface area contributed by atoms with E-state index in [1.54, 1.807) is 12.1 Å². The van der Waals surface area contributed by atoms with Crippen LogP contribution >= 0.6 is 0 Å². The number of anilines is 1. The Morgan fingerprint density at radius 1 is 0.974 bits per heavy atom. The summed E-state index contributed by atoms with van der Waals surface area (Å²) in [5.74, 6) is -0.215. The first-order valence-corrected chi connectivity index (χ1v) is 13.8. The molecule has 2 aromatic carbocycles. The molecule has 0 saturated carbocycles. The third kappa shape index (κ3) is 7.88. The molecule has 0 saturated heterocycles. The topological polar surface area (TPSA) is 157 Å². The van der Waals surface area contributed by atoms with Gasteiger partial charge in [0.25, 0.3) is 0 Å². The van der Waals surface area contributed by atoms with Crippen molar-refractivity contribution in [2.45, 2.75) is 39.5 Å². The average Bonchev–Trinajstić information content (AvgIpc) is 2.86. The molecule has 4 rings (SSSR count). The van der Waals surface area contributed by atoms with E-state index in [2.05, 4.69) is 24.2 Å². The second-order valence-corrected chi connectivity index (χ2v) is 9.54. The Hall–Kier alpha value is -3.73. The summed E-state index contributed by atoms with van der Waals surface area (Å²) in [5.41, 5.74) is 4.46. The summed E-state index contributed by atoms with van der Waals surface area (Å²) in [6, 6.07) is 19.3. The number of carboxylic acids is 1.